The number of likely N-dealkylation sites (N-methyl/N-ethyl adjacent to an activating group) is 1. The summed E-state index contributed by atoms with van der Waals surface area (Å²) < 4.78 is 38.2. The van der Waals surface area contributed by atoms with Crippen LogP contribution in [0.2, 0.25) is 0 Å². The lowest BCUT2D eigenvalue weighted by Crippen LogP contribution is -2.19. The third-order valence-electron chi connectivity index (χ3n) is 4.61. The van der Waals surface area contributed by atoms with Crippen molar-refractivity contribution in [1.82, 2.24) is 24.8 Å². The molecule has 0 fully saturated rings. The van der Waals surface area contributed by atoms with Crippen LogP contribution < -0.4 is 10.6 Å². The molecule has 3 heterocycles. The maximum absolute atomic E-state index is 12.7. The number of pyridine rings is 1. The Morgan fingerprint density at radius 1 is 1.09 bits per heavy atom. The van der Waals surface area contributed by atoms with Gasteiger partial charge in [-0.25, -0.2) is 9.97 Å². The molecule has 0 radical (unpaired) electrons. The van der Waals surface area contributed by atoms with Gasteiger partial charge in [0.25, 0.3) is 0 Å². The first-order valence-electron chi connectivity index (χ1n) is 10.3. The molecule has 184 valence electrons. The summed E-state index contributed by atoms with van der Waals surface area (Å²) in [4.78, 5) is 41.7. The standard InChI is InChI=1S/C22H22F3N7O2S/c1-13(20(34)31-21-29-11-17(35-21)22(23,24)25)14-7-15(9-26-8-14)16-10-28-18(12-27-16)30-19(33)5-4-6-32(2)3/h4-5,7-13H,6H2,1-3H3,(H,28,30,33)(H,29,31,34)/b5-4+. The van der Waals surface area contributed by atoms with Gasteiger partial charge in [-0.05, 0) is 32.6 Å². The summed E-state index contributed by atoms with van der Waals surface area (Å²) in [6, 6.07) is 1.69. The van der Waals surface area contributed by atoms with E-state index in [9.17, 15) is 22.8 Å². The number of thiazole rings is 1. The highest BCUT2D eigenvalue weighted by molar-refractivity contribution is 7.15. The van der Waals surface area contributed by atoms with E-state index in [-0.39, 0.29) is 16.9 Å². The van der Waals surface area contributed by atoms with Gasteiger partial charge >= 0.3 is 6.18 Å². The van der Waals surface area contributed by atoms with Crippen molar-refractivity contribution in [3.8, 4) is 11.3 Å². The fraction of sp³-hybridized carbons (Fsp3) is 0.273. The molecule has 1 unspecified atom stereocenters. The normalized spacial score (nSPS) is 12.7. The zero-order valence-electron chi connectivity index (χ0n) is 19.0. The van der Waals surface area contributed by atoms with Gasteiger partial charge < -0.3 is 15.5 Å². The lowest BCUT2D eigenvalue weighted by atomic mass is 10.0. The molecule has 2 N–H and O–H groups in total. The molecule has 0 bridgehead atoms. The molecule has 0 saturated carbocycles. The highest BCUT2D eigenvalue weighted by Crippen LogP contribution is 2.35. The summed E-state index contributed by atoms with van der Waals surface area (Å²) in [5.41, 5.74) is 1.56. The van der Waals surface area contributed by atoms with Crippen LogP contribution in [0, 0.1) is 0 Å². The molecule has 9 nitrogen and oxygen atoms in total. The van der Waals surface area contributed by atoms with Crippen LogP contribution in [-0.2, 0) is 15.8 Å². The number of amides is 2. The third-order valence-corrected chi connectivity index (χ3v) is 5.56. The predicted molar refractivity (Wildman–Crippen MR) is 126 cm³/mol. The molecule has 35 heavy (non-hydrogen) atoms. The minimum Gasteiger partial charge on any atom is -0.306 e. The van der Waals surface area contributed by atoms with Gasteiger partial charge in [0, 0.05) is 30.6 Å². The molecule has 0 aliphatic rings. The second kappa shape index (κ2) is 11.1. The minimum atomic E-state index is -4.52. The second-order valence-electron chi connectivity index (χ2n) is 7.69. The van der Waals surface area contributed by atoms with E-state index in [0.717, 1.165) is 0 Å². The average molecular weight is 506 g/mol. The summed E-state index contributed by atoms with van der Waals surface area (Å²) in [6.45, 7) is 2.22. The molecule has 3 aromatic heterocycles. The van der Waals surface area contributed by atoms with Crippen LogP contribution in [0.25, 0.3) is 11.3 Å². The molecule has 2 amide bonds. The van der Waals surface area contributed by atoms with Crippen molar-refractivity contribution in [2.24, 2.45) is 0 Å². The number of aromatic nitrogens is 4. The number of carbonyl (C=O) groups is 2. The summed E-state index contributed by atoms with van der Waals surface area (Å²) in [6.07, 6.45) is 5.16. The summed E-state index contributed by atoms with van der Waals surface area (Å²) in [5.74, 6) is -1.31. The first kappa shape index (κ1) is 25.9. The lowest BCUT2D eigenvalue weighted by Gasteiger charge is -2.12. The molecule has 0 aromatic carbocycles. The first-order chi connectivity index (χ1) is 16.5. The van der Waals surface area contributed by atoms with Crippen molar-refractivity contribution >= 4 is 34.1 Å². The first-order valence-corrected chi connectivity index (χ1v) is 11.1. The zero-order valence-corrected chi connectivity index (χ0v) is 19.8. The van der Waals surface area contributed by atoms with E-state index in [4.69, 9.17) is 0 Å². The van der Waals surface area contributed by atoms with Gasteiger partial charge in [-0.1, -0.05) is 17.4 Å². The van der Waals surface area contributed by atoms with Gasteiger partial charge in [0.15, 0.2) is 10.9 Å². The zero-order chi connectivity index (χ0) is 25.6. The number of nitrogens with zero attached hydrogens (tertiary/aromatic N) is 5. The maximum Gasteiger partial charge on any atom is 0.427 e. The van der Waals surface area contributed by atoms with Crippen molar-refractivity contribution in [1.29, 1.82) is 0 Å². The van der Waals surface area contributed by atoms with Gasteiger partial charge in [0.05, 0.1) is 30.2 Å². The van der Waals surface area contributed by atoms with E-state index in [1.165, 1.54) is 30.9 Å². The summed E-state index contributed by atoms with van der Waals surface area (Å²) in [7, 11) is 3.77. The highest BCUT2D eigenvalue weighted by Gasteiger charge is 2.33. The van der Waals surface area contributed by atoms with E-state index in [1.807, 2.05) is 19.0 Å². The Labute approximate surface area is 203 Å². The Hall–Kier alpha value is -3.71. The number of rotatable bonds is 8. The second-order valence-corrected chi connectivity index (χ2v) is 8.72. The van der Waals surface area contributed by atoms with Crippen molar-refractivity contribution in [2.75, 3.05) is 31.3 Å². The fourth-order valence-corrected chi connectivity index (χ4v) is 3.43. The monoisotopic (exact) mass is 505 g/mol. The van der Waals surface area contributed by atoms with E-state index in [2.05, 4.69) is 30.6 Å². The molecule has 0 spiro atoms. The van der Waals surface area contributed by atoms with Crippen molar-refractivity contribution in [3.05, 3.63) is 59.6 Å². The number of carbonyl (C=O) groups excluding carboxylic acids is 2. The molecule has 0 aliphatic heterocycles. The van der Waals surface area contributed by atoms with Crippen LogP contribution in [0.1, 0.15) is 23.3 Å². The van der Waals surface area contributed by atoms with E-state index in [1.54, 1.807) is 19.1 Å². The average Bonchev–Trinajstić information content (AvgIpc) is 3.28. The van der Waals surface area contributed by atoms with Crippen LogP contribution in [0.4, 0.5) is 24.1 Å². The van der Waals surface area contributed by atoms with Gasteiger partial charge in [0.1, 0.15) is 4.88 Å². The Balaban J connectivity index is 1.65. The van der Waals surface area contributed by atoms with Crippen LogP contribution in [0.15, 0.2) is 49.2 Å². The molecular formula is C22H22F3N7O2S. The predicted octanol–water partition coefficient (Wildman–Crippen LogP) is 3.81. The molecule has 13 heteroatoms. The molecule has 0 saturated heterocycles. The number of hydrogen-bond acceptors (Lipinski definition) is 8. The third kappa shape index (κ3) is 7.39. The Morgan fingerprint density at radius 2 is 1.86 bits per heavy atom. The van der Waals surface area contributed by atoms with E-state index < -0.39 is 22.9 Å². The number of hydrogen-bond donors (Lipinski definition) is 2. The number of halogens is 3. The molecule has 3 aromatic rings. The SMILES string of the molecule is CC(C(=O)Nc1ncc(C(F)(F)F)s1)c1cncc(-c2cnc(NC(=O)/C=C/CN(C)C)cn2)c1. The van der Waals surface area contributed by atoms with Crippen molar-refractivity contribution in [2.45, 2.75) is 19.0 Å². The number of anilines is 2. The molecule has 0 aliphatic carbocycles. The van der Waals surface area contributed by atoms with Gasteiger partial charge in [-0.2, -0.15) is 13.2 Å². The molecule has 3 rings (SSSR count). The van der Waals surface area contributed by atoms with Crippen LogP contribution in [-0.4, -0.2) is 57.3 Å². The van der Waals surface area contributed by atoms with Gasteiger partial charge in [0.2, 0.25) is 11.8 Å². The van der Waals surface area contributed by atoms with E-state index >= 15 is 0 Å². The van der Waals surface area contributed by atoms with Gasteiger partial charge in [-0.15, -0.1) is 0 Å². The van der Waals surface area contributed by atoms with Crippen LogP contribution in [0.5, 0.6) is 0 Å². The van der Waals surface area contributed by atoms with Crippen molar-refractivity contribution in [3.63, 3.8) is 0 Å². The number of nitrogens with one attached hydrogen (secondary N) is 2. The fourth-order valence-electron chi connectivity index (χ4n) is 2.74. The lowest BCUT2D eigenvalue weighted by molar-refractivity contribution is -0.134. The Kier molecular flexibility index (Phi) is 8.25. The molecule has 1 atom stereocenters. The molecular weight excluding hydrogens is 483 g/mol. The quantitative estimate of drug-likeness (QED) is 0.448. The van der Waals surface area contributed by atoms with Crippen molar-refractivity contribution < 1.29 is 22.8 Å². The summed E-state index contributed by atoms with van der Waals surface area (Å²) in [5, 5.41) is 4.87. The van der Waals surface area contributed by atoms with Crippen LogP contribution >= 0.6 is 11.3 Å². The van der Waals surface area contributed by atoms with Crippen LogP contribution in [0.3, 0.4) is 0 Å². The minimum absolute atomic E-state index is 0.140. The van der Waals surface area contributed by atoms with E-state index in [0.29, 0.717) is 40.9 Å². The Bertz CT molecular complexity index is 1210. The summed E-state index contributed by atoms with van der Waals surface area (Å²) >= 11 is 0.353. The number of alkyl halides is 3. The maximum atomic E-state index is 12.7. The highest BCUT2D eigenvalue weighted by atomic mass is 32.1. The largest absolute Gasteiger partial charge is 0.427 e. The smallest absolute Gasteiger partial charge is 0.306 e. The Morgan fingerprint density at radius 3 is 2.49 bits per heavy atom. The van der Waals surface area contributed by atoms with Gasteiger partial charge in [-0.3, -0.25) is 19.6 Å². The topological polar surface area (TPSA) is 113 Å².